The molecule has 3 aromatic rings. The fourth-order valence-corrected chi connectivity index (χ4v) is 5.52. The summed E-state index contributed by atoms with van der Waals surface area (Å²) in [6.45, 7) is 7.51. The van der Waals surface area contributed by atoms with Crippen LogP contribution in [0, 0.1) is 0 Å². The van der Waals surface area contributed by atoms with Crippen molar-refractivity contribution in [2.24, 2.45) is 0 Å². The van der Waals surface area contributed by atoms with Crippen molar-refractivity contribution in [1.82, 2.24) is 14.8 Å². The Balaban J connectivity index is 1.21. The molecule has 1 aliphatic heterocycles. The number of ether oxygens (including phenoxy) is 1. The van der Waals surface area contributed by atoms with Gasteiger partial charge in [-0.1, -0.05) is 34.1 Å². The number of rotatable bonds is 7. The first kappa shape index (κ1) is 22.6. The van der Waals surface area contributed by atoms with Crippen molar-refractivity contribution in [2.75, 3.05) is 51.7 Å². The molecular weight excluding hydrogens is 476 g/mol. The second kappa shape index (κ2) is 10.4. The summed E-state index contributed by atoms with van der Waals surface area (Å²) in [6.07, 6.45) is 4.69. The molecular formula is C27H33BrN4O. The molecule has 0 spiro atoms. The number of aryl methyl sites for hydroxylation is 1. The zero-order valence-corrected chi connectivity index (χ0v) is 21.0. The van der Waals surface area contributed by atoms with Gasteiger partial charge in [-0.05, 0) is 61.1 Å². The summed E-state index contributed by atoms with van der Waals surface area (Å²) in [4.78, 5) is 10.1. The first-order valence-corrected chi connectivity index (χ1v) is 12.9. The Bertz CT molecular complexity index is 1110. The van der Waals surface area contributed by atoms with Gasteiger partial charge in [-0.2, -0.15) is 0 Å². The van der Waals surface area contributed by atoms with Crippen LogP contribution in [-0.4, -0.2) is 61.2 Å². The van der Waals surface area contributed by atoms with Crippen LogP contribution in [0.25, 0.3) is 10.9 Å². The van der Waals surface area contributed by atoms with Crippen LogP contribution in [0.3, 0.4) is 0 Å². The number of anilines is 1. The highest BCUT2D eigenvalue weighted by atomic mass is 79.9. The van der Waals surface area contributed by atoms with E-state index in [1.54, 1.807) is 7.11 Å². The van der Waals surface area contributed by atoms with E-state index in [9.17, 15) is 0 Å². The van der Waals surface area contributed by atoms with Crippen molar-refractivity contribution >= 4 is 32.5 Å². The number of nitrogens with one attached hydrogen (secondary N) is 1. The molecule has 1 aliphatic carbocycles. The predicted molar refractivity (Wildman–Crippen MR) is 139 cm³/mol. The normalized spacial score (nSPS) is 17.2. The predicted octanol–water partition coefficient (Wildman–Crippen LogP) is 5.11. The molecule has 1 aromatic heterocycles. The van der Waals surface area contributed by atoms with Crippen LogP contribution < -0.4 is 10.1 Å². The van der Waals surface area contributed by atoms with E-state index in [0.717, 1.165) is 69.9 Å². The number of nitrogens with zero attached hydrogens (tertiary/aromatic N) is 3. The van der Waals surface area contributed by atoms with Gasteiger partial charge in [0.1, 0.15) is 5.75 Å². The standard InChI is InChI=1S/C27H33BrN4O/c1-33-21-10-11-26-23(18-21)27(22-7-3-5-9-25(22)30-26)29-12-13-31-14-16-32(17-15-31)19-20-6-2-4-8-24(20)28/h2,4,6,8,10-11,18H,3,5,7,9,12-17,19H2,1H3,(H,29,30). The zero-order chi connectivity index (χ0) is 22.6. The van der Waals surface area contributed by atoms with Gasteiger partial charge < -0.3 is 10.1 Å². The third kappa shape index (κ3) is 5.18. The molecule has 6 heteroatoms. The topological polar surface area (TPSA) is 40.6 Å². The van der Waals surface area contributed by atoms with Crippen molar-refractivity contribution in [1.29, 1.82) is 0 Å². The number of aromatic nitrogens is 1. The Morgan fingerprint density at radius 1 is 1.00 bits per heavy atom. The van der Waals surface area contributed by atoms with E-state index in [1.165, 1.54) is 45.2 Å². The summed E-state index contributed by atoms with van der Waals surface area (Å²) in [5.74, 6) is 0.893. The highest BCUT2D eigenvalue weighted by Crippen LogP contribution is 2.35. The van der Waals surface area contributed by atoms with Crippen molar-refractivity contribution in [3.8, 4) is 5.75 Å². The molecule has 5 rings (SSSR count). The van der Waals surface area contributed by atoms with Crippen LogP contribution in [0.4, 0.5) is 5.69 Å². The summed E-state index contributed by atoms with van der Waals surface area (Å²) >= 11 is 3.69. The van der Waals surface area contributed by atoms with Crippen LogP contribution in [0.15, 0.2) is 46.9 Å². The first-order valence-electron chi connectivity index (χ1n) is 12.1. The minimum atomic E-state index is 0.893. The molecule has 1 fully saturated rings. The van der Waals surface area contributed by atoms with E-state index < -0.39 is 0 Å². The molecule has 174 valence electrons. The van der Waals surface area contributed by atoms with Gasteiger partial charge in [0.25, 0.3) is 0 Å². The lowest BCUT2D eigenvalue weighted by molar-refractivity contribution is 0.130. The van der Waals surface area contributed by atoms with Crippen molar-refractivity contribution in [3.63, 3.8) is 0 Å². The molecule has 2 aromatic carbocycles. The number of methoxy groups -OCH3 is 1. The summed E-state index contributed by atoms with van der Waals surface area (Å²) in [6, 6.07) is 14.8. The van der Waals surface area contributed by atoms with E-state index in [0.29, 0.717) is 0 Å². The molecule has 33 heavy (non-hydrogen) atoms. The Morgan fingerprint density at radius 3 is 2.61 bits per heavy atom. The Labute approximate surface area is 205 Å². The van der Waals surface area contributed by atoms with Gasteiger partial charge in [-0.3, -0.25) is 14.8 Å². The molecule has 0 unspecified atom stereocenters. The maximum absolute atomic E-state index is 5.51. The number of benzene rings is 2. The maximum atomic E-state index is 5.51. The smallest absolute Gasteiger partial charge is 0.119 e. The van der Waals surface area contributed by atoms with Crippen LogP contribution in [0.2, 0.25) is 0 Å². The molecule has 0 amide bonds. The molecule has 0 saturated carbocycles. The number of piperazine rings is 1. The second-order valence-electron chi connectivity index (χ2n) is 9.14. The Hall–Kier alpha value is -2.15. The number of pyridine rings is 1. The summed E-state index contributed by atoms with van der Waals surface area (Å²) in [5.41, 5.74) is 6.42. The quantitative estimate of drug-likeness (QED) is 0.479. The third-order valence-corrected chi connectivity index (χ3v) is 7.79. The lowest BCUT2D eigenvalue weighted by atomic mass is 9.92. The largest absolute Gasteiger partial charge is 0.497 e. The minimum Gasteiger partial charge on any atom is -0.497 e. The number of fused-ring (bicyclic) bond motifs is 2. The van der Waals surface area contributed by atoms with Crippen molar-refractivity contribution in [2.45, 2.75) is 32.2 Å². The van der Waals surface area contributed by atoms with Crippen molar-refractivity contribution < 1.29 is 4.74 Å². The van der Waals surface area contributed by atoms with Crippen LogP contribution in [0.5, 0.6) is 5.75 Å². The van der Waals surface area contributed by atoms with Crippen LogP contribution in [0.1, 0.15) is 29.7 Å². The average molecular weight is 509 g/mol. The summed E-state index contributed by atoms with van der Waals surface area (Å²) in [7, 11) is 1.73. The van der Waals surface area contributed by atoms with Crippen molar-refractivity contribution in [3.05, 3.63) is 63.8 Å². The van der Waals surface area contributed by atoms with Gasteiger partial charge in [0.15, 0.2) is 0 Å². The average Bonchev–Trinajstić information content (AvgIpc) is 2.85. The SMILES string of the molecule is COc1ccc2nc3c(c(NCCN4CCN(Cc5ccccc5Br)CC4)c2c1)CCCC3. The molecule has 0 radical (unpaired) electrons. The first-order chi connectivity index (χ1) is 16.2. The number of halogens is 1. The Morgan fingerprint density at radius 2 is 1.79 bits per heavy atom. The number of hydrogen-bond donors (Lipinski definition) is 1. The molecule has 5 nitrogen and oxygen atoms in total. The third-order valence-electron chi connectivity index (χ3n) is 7.02. The summed E-state index contributed by atoms with van der Waals surface area (Å²) in [5, 5.41) is 5.00. The molecule has 2 aliphatic rings. The minimum absolute atomic E-state index is 0.893. The Kier molecular flexibility index (Phi) is 7.14. The van der Waals surface area contributed by atoms with E-state index in [1.807, 2.05) is 6.07 Å². The summed E-state index contributed by atoms with van der Waals surface area (Å²) < 4.78 is 6.72. The van der Waals surface area contributed by atoms with E-state index in [4.69, 9.17) is 9.72 Å². The van der Waals surface area contributed by atoms with Gasteiger partial charge in [0.05, 0.1) is 12.6 Å². The zero-order valence-electron chi connectivity index (χ0n) is 19.4. The van der Waals surface area contributed by atoms with Gasteiger partial charge in [0.2, 0.25) is 0 Å². The molecule has 1 saturated heterocycles. The molecule has 0 atom stereocenters. The van der Waals surface area contributed by atoms with Gasteiger partial charge in [0, 0.05) is 67.1 Å². The van der Waals surface area contributed by atoms with E-state index in [2.05, 4.69) is 67.4 Å². The van der Waals surface area contributed by atoms with Gasteiger partial charge in [-0.15, -0.1) is 0 Å². The highest BCUT2D eigenvalue weighted by Gasteiger charge is 2.20. The highest BCUT2D eigenvalue weighted by molar-refractivity contribution is 9.10. The van der Waals surface area contributed by atoms with E-state index >= 15 is 0 Å². The fourth-order valence-electron chi connectivity index (χ4n) is 5.11. The van der Waals surface area contributed by atoms with Gasteiger partial charge >= 0.3 is 0 Å². The number of hydrogen-bond acceptors (Lipinski definition) is 5. The second-order valence-corrected chi connectivity index (χ2v) is 9.99. The fraction of sp³-hybridized carbons (Fsp3) is 0.444. The maximum Gasteiger partial charge on any atom is 0.119 e. The lowest BCUT2D eigenvalue weighted by Crippen LogP contribution is -2.47. The van der Waals surface area contributed by atoms with Gasteiger partial charge in [-0.25, -0.2) is 0 Å². The monoisotopic (exact) mass is 508 g/mol. The van der Waals surface area contributed by atoms with E-state index in [-0.39, 0.29) is 0 Å². The van der Waals surface area contributed by atoms with Crippen LogP contribution in [-0.2, 0) is 19.4 Å². The molecule has 1 N–H and O–H groups in total. The lowest BCUT2D eigenvalue weighted by Gasteiger charge is -2.35. The van der Waals surface area contributed by atoms with Crippen LogP contribution >= 0.6 is 15.9 Å². The molecule has 0 bridgehead atoms. The molecule has 2 heterocycles.